The third kappa shape index (κ3) is 2.26. The van der Waals surface area contributed by atoms with Crippen LogP contribution in [0.2, 0.25) is 0 Å². The van der Waals surface area contributed by atoms with Crippen LogP contribution in [0, 0.1) is 5.92 Å². The second kappa shape index (κ2) is 4.58. The maximum atomic E-state index is 12.0. The van der Waals surface area contributed by atoms with Crippen LogP contribution in [0.15, 0.2) is 24.3 Å². The van der Waals surface area contributed by atoms with Crippen LogP contribution in [-0.4, -0.2) is 19.0 Å². The first-order valence-electron chi connectivity index (χ1n) is 5.52. The number of hydrogen-bond acceptors (Lipinski definition) is 2. The highest BCUT2D eigenvalue weighted by Crippen LogP contribution is 2.18. The molecular formula is C13H16O2. The van der Waals surface area contributed by atoms with Crippen molar-refractivity contribution in [3.8, 4) is 0 Å². The molecule has 15 heavy (non-hydrogen) atoms. The Morgan fingerprint density at radius 2 is 2.13 bits per heavy atom. The summed E-state index contributed by atoms with van der Waals surface area (Å²) in [5.41, 5.74) is 2.09. The van der Waals surface area contributed by atoms with E-state index in [2.05, 4.69) is 6.92 Å². The minimum absolute atomic E-state index is 0.0810. The molecule has 2 nitrogen and oxygen atoms in total. The molecule has 1 heterocycles. The molecule has 2 heteroatoms. The van der Waals surface area contributed by atoms with Crippen molar-refractivity contribution in [1.82, 2.24) is 0 Å². The monoisotopic (exact) mass is 204 g/mol. The Morgan fingerprint density at radius 3 is 2.67 bits per heavy atom. The SMILES string of the molecule is CCc1ccc(C(=O)C2CCOC2)cc1. The van der Waals surface area contributed by atoms with Crippen molar-refractivity contribution in [2.75, 3.05) is 13.2 Å². The second-order valence-electron chi connectivity index (χ2n) is 3.98. The second-order valence-corrected chi connectivity index (χ2v) is 3.98. The van der Waals surface area contributed by atoms with Gasteiger partial charge in [-0.1, -0.05) is 31.2 Å². The lowest BCUT2D eigenvalue weighted by Gasteiger charge is -2.06. The average Bonchev–Trinajstić information content (AvgIpc) is 2.82. The van der Waals surface area contributed by atoms with Crippen LogP contribution in [0.3, 0.4) is 0 Å². The summed E-state index contributed by atoms with van der Waals surface area (Å²) in [6.45, 7) is 3.43. The molecule has 1 atom stereocenters. The van der Waals surface area contributed by atoms with Crippen molar-refractivity contribution < 1.29 is 9.53 Å². The molecule has 1 unspecified atom stereocenters. The first-order valence-corrected chi connectivity index (χ1v) is 5.52. The molecule has 0 aromatic heterocycles. The molecule has 1 aromatic carbocycles. The zero-order chi connectivity index (χ0) is 10.7. The normalized spacial score (nSPS) is 20.5. The predicted molar refractivity (Wildman–Crippen MR) is 59.1 cm³/mol. The van der Waals surface area contributed by atoms with E-state index in [0.717, 1.165) is 25.0 Å². The number of ketones is 1. The molecule has 0 radical (unpaired) electrons. The fourth-order valence-corrected chi connectivity index (χ4v) is 1.88. The van der Waals surface area contributed by atoms with E-state index in [1.165, 1.54) is 5.56 Å². The number of hydrogen-bond donors (Lipinski definition) is 0. The fourth-order valence-electron chi connectivity index (χ4n) is 1.88. The number of Topliss-reactive ketones (excluding diaryl/α,β-unsaturated/α-hetero) is 1. The van der Waals surface area contributed by atoms with Crippen molar-refractivity contribution in [1.29, 1.82) is 0 Å². The van der Waals surface area contributed by atoms with Gasteiger partial charge in [0.05, 0.1) is 6.61 Å². The van der Waals surface area contributed by atoms with Crippen molar-refractivity contribution in [2.24, 2.45) is 5.92 Å². The van der Waals surface area contributed by atoms with Gasteiger partial charge in [0.15, 0.2) is 5.78 Å². The van der Waals surface area contributed by atoms with Crippen LogP contribution in [0.25, 0.3) is 0 Å². The predicted octanol–water partition coefficient (Wildman–Crippen LogP) is 2.47. The maximum Gasteiger partial charge on any atom is 0.168 e. The minimum Gasteiger partial charge on any atom is -0.381 e. The molecule has 1 aliphatic rings. The van der Waals surface area contributed by atoms with Crippen molar-refractivity contribution in [2.45, 2.75) is 19.8 Å². The Hall–Kier alpha value is -1.15. The Morgan fingerprint density at radius 1 is 1.40 bits per heavy atom. The topological polar surface area (TPSA) is 26.3 Å². The van der Waals surface area contributed by atoms with Gasteiger partial charge in [-0.25, -0.2) is 0 Å². The van der Waals surface area contributed by atoms with Gasteiger partial charge >= 0.3 is 0 Å². The molecule has 0 amide bonds. The van der Waals surface area contributed by atoms with Gasteiger partial charge in [0, 0.05) is 18.1 Å². The molecule has 0 aliphatic carbocycles. The Labute approximate surface area is 90.3 Å². The van der Waals surface area contributed by atoms with Gasteiger partial charge < -0.3 is 4.74 Å². The van der Waals surface area contributed by atoms with Gasteiger partial charge in [0.1, 0.15) is 0 Å². The van der Waals surface area contributed by atoms with Crippen LogP contribution in [-0.2, 0) is 11.2 Å². The summed E-state index contributed by atoms with van der Waals surface area (Å²) in [4.78, 5) is 12.0. The van der Waals surface area contributed by atoms with Gasteiger partial charge in [0.2, 0.25) is 0 Å². The molecule has 1 saturated heterocycles. The number of rotatable bonds is 3. The Kier molecular flexibility index (Phi) is 3.17. The van der Waals surface area contributed by atoms with Crippen LogP contribution >= 0.6 is 0 Å². The van der Waals surface area contributed by atoms with Crippen LogP contribution in [0.4, 0.5) is 0 Å². The fraction of sp³-hybridized carbons (Fsp3) is 0.462. The third-order valence-corrected chi connectivity index (χ3v) is 2.95. The molecule has 80 valence electrons. The first kappa shape index (κ1) is 10.4. The standard InChI is InChI=1S/C13H16O2/c1-2-10-3-5-11(6-4-10)13(14)12-7-8-15-9-12/h3-6,12H,2,7-9H2,1H3. The number of carbonyl (C=O) groups is 1. The average molecular weight is 204 g/mol. The summed E-state index contributed by atoms with van der Waals surface area (Å²) in [7, 11) is 0. The van der Waals surface area contributed by atoms with E-state index >= 15 is 0 Å². The lowest BCUT2D eigenvalue weighted by Crippen LogP contribution is -2.14. The highest BCUT2D eigenvalue weighted by Gasteiger charge is 2.24. The maximum absolute atomic E-state index is 12.0. The zero-order valence-corrected chi connectivity index (χ0v) is 9.03. The molecule has 1 aromatic rings. The molecule has 0 bridgehead atoms. The molecule has 0 saturated carbocycles. The smallest absolute Gasteiger partial charge is 0.168 e. The van der Waals surface area contributed by atoms with Crippen molar-refractivity contribution in [3.05, 3.63) is 35.4 Å². The summed E-state index contributed by atoms with van der Waals surface area (Å²) in [5.74, 6) is 0.313. The van der Waals surface area contributed by atoms with Crippen molar-refractivity contribution >= 4 is 5.78 Å². The van der Waals surface area contributed by atoms with Gasteiger partial charge in [-0.2, -0.15) is 0 Å². The van der Waals surface area contributed by atoms with E-state index in [-0.39, 0.29) is 11.7 Å². The van der Waals surface area contributed by atoms with E-state index in [1.807, 2.05) is 24.3 Å². The summed E-state index contributed by atoms with van der Waals surface area (Å²) >= 11 is 0. The summed E-state index contributed by atoms with van der Waals surface area (Å²) in [6, 6.07) is 7.92. The van der Waals surface area contributed by atoms with E-state index in [0.29, 0.717) is 6.61 Å². The minimum atomic E-state index is 0.0810. The quantitative estimate of drug-likeness (QED) is 0.707. The Balaban J connectivity index is 2.11. The number of carbonyl (C=O) groups excluding carboxylic acids is 1. The van der Waals surface area contributed by atoms with Gasteiger partial charge in [0.25, 0.3) is 0 Å². The van der Waals surface area contributed by atoms with E-state index in [1.54, 1.807) is 0 Å². The molecule has 0 spiro atoms. The van der Waals surface area contributed by atoms with E-state index < -0.39 is 0 Å². The van der Waals surface area contributed by atoms with Gasteiger partial charge in [-0.3, -0.25) is 4.79 Å². The van der Waals surface area contributed by atoms with Crippen LogP contribution < -0.4 is 0 Å². The largest absolute Gasteiger partial charge is 0.381 e. The number of ether oxygens (including phenoxy) is 1. The van der Waals surface area contributed by atoms with Gasteiger partial charge in [-0.15, -0.1) is 0 Å². The zero-order valence-electron chi connectivity index (χ0n) is 9.03. The molecule has 1 fully saturated rings. The third-order valence-electron chi connectivity index (χ3n) is 2.95. The first-order chi connectivity index (χ1) is 7.31. The Bertz CT molecular complexity index is 334. The number of benzene rings is 1. The summed E-state index contributed by atoms with van der Waals surface area (Å²) < 4.78 is 5.22. The van der Waals surface area contributed by atoms with Crippen molar-refractivity contribution in [3.63, 3.8) is 0 Å². The summed E-state index contributed by atoms with van der Waals surface area (Å²) in [5, 5.41) is 0. The lowest BCUT2D eigenvalue weighted by atomic mass is 9.96. The molecule has 0 N–H and O–H groups in total. The van der Waals surface area contributed by atoms with Gasteiger partial charge in [-0.05, 0) is 18.4 Å². The van der Waals surface area contributed by atoms with E-state index in [9.17, 15) is 4.79 Å². The van der Waals surface area contributed by atoms with Crippen LogP contribution in [0.1, 0.15) is 29.3 Å². The number of aryl methyl sites for hydroxylation is 1. The van der Waals surface area contributed by atoms with Crippen LogP contribution in [0.5, 0.6) is 0 Å². The highest BCUT2D eigenvalue weighted by atomic mass is 16.5. The molecule has 1 aliphatic heterocycles. The molecule has 2 rings (SSSR count). The molecular weight excluding hydrogens is 188 g/mol. The van der Waals surface area contributed by atoms with E-state index in [4.69, 9.17) is 4.74 Å². The lowest BCUT2D eigenvalue weighted by molar-refractivity contribution is 0.0900. The summed E-state index contributed by atoms with van der Waals surface area (Å²) in [6.07, 6.45) is 1.88. The highest BCUT2D eigenvalue weighted by molar-refractivity contribution is 5.98.